The molecule has 0 N–H and O–H groups in total. The highest BCUT2D eigenvalue weighted by Gasteiger charge is 2.31. The van der Waals surface area contributed by atoms with E-state index in [1.54, 1.807) is 62.4 Å². The molecule has 3 rings (SSSR count). The van der Waals surface area contributed by atoms with Crippen molar-refractivity contribution in [3.63, 3.8) is 0 Å². The molecule has 3 aromatic rings. The fraction of sp³-hybridized carbons (Fsp3) is 0.167. The lowest BCUT2D eigenvalue weighted by Gasteiger charge is -2.02. The van der Waals surface area contributed by atoms with E-state index in [1.807, 2.05) is 0 Å². The zero-order valence-corrected chi connectivity index (χ0v) is 19.4. The van der Waals surface area contributed by atoms with Gasteiger partial charge in [0.05, 0.1) is 13.2 Å². The summed E-state index contributed by atoms with van der Waals surface area (Å²) in [4.78, 5) is 33.9. The zero-order chi connectivity index (χ0) is 23.8. The lowest BCUT2D eigenvalue weighted by atomic mass is 10.2. The molecule has 0 aliphatic rings. The molecule has 33 heavy (non-hydrogen) atoms. The lowest BCUT2D eigenvalue weighted by molar-refractivity contribution is 0.0490. The molecular formula is C24H20Cl2N2O5. The molecule has 1 heterocycles. The maximum atomic E-state index is 12.8. The summed E-state index contributed by atoms with van der Waals surface area (Å²) in [6.45, 7) is 3.54. The Bertz CT molecular complexity index is 1180. The molecule has 0 radical (unpaired) electrons. The standard InChI is InChI=1S/C24H20Cl2N2O5/c1-3-31-23(29)19-20(27-13-15-5-9-17(25)10-6-15)21(24(30)32-4-2)33-22(19)28-14-16-7-11-18(26)12-8-16/h5-14H,3-4H2,1-2H3/b27-13?,28-14+. The summed E-state index contributed by atoms with van der Waals surface area (Å²) < 4.78 is 15.9. The molecule has 2 aromatic carbocycles. The van der Waals surface area contributed by atoms with Crippen molar-refractivity contribution in [2.24, 2.45) is 9.98 Å². The highest BCUT2D eigenvalue weighted by Crippen LogP contribution is 2.38. The molecule has 1 aromatic heterocycles. The van der Waals surface area contributed by atoms with E-state index >= 15 is 0 Å². The number of carbonyl (C=O) groups is 2. The van der Waals surface area contributed by atoms with Gasteiger partial charge in [-0.05, 0) is 49.2 Å². The zero-order valence-electron chi connectivity index (χ0n) is 17.9. The van der Waals surface area contributed by atoms with Crippen LogP contribution in [0.25, 0.3) is 0 Å². The van der Waals surface area contributed by atoms with Crippen LogP contribution in [0, 0.1) is 0 Å². The molecule has 9 heteroatoms. The van der Waals surface area contributed by atoms with Gasteiger partial charge in [-0.3, -0.25) is 4.99 Å². The van der Waals surface area contributed by atoms with E-state index in [0.717, 1.165) is 0 Å². The minimum atomic E-state index is -0.778. The lowest BCUT2D eigenvalue weighted by Crippen LogP contribution is -2.06. The minimum absolute atomic E-state index is 0.0369. The van der Waals surface area contributed by atoms with Crippen LogP contribution in [0.1, 0.15) is 45.9 Å². The van der Waals surface area contributed by atoms with Crippen LogP contribution < -0.4 is 0 Å². The van der Waals surface area contributed by atoms with E-state index in [9.17, 15) is 9.59 Å². The van der Waals surface area contributed by atoms with Crippen molar-refractivity contribution < 1.29 is 23.5 Å². The van der Waals surface area contributed by atoms with Crippen LogP contribution in [0.4, 0.5) is 11.6 Å². The van der Waals surface area contributed by atoms with Crippen LogP contribution in [0.15, 0.2) is 62.9 Å². The van der Waals surface area contributed by atoms with Crippen molar-refractivity contribution in [3.05, 3.63) is 81.0 Å². The maximum Gasteiger partial charge on any atom is 0.376 e. The molecular weight excluding hydrogens is 467 g/mol. The SMILES string of the molecule is CCOC(=O)c1oc(/N=C/c2ccc(Cl)cc2)c(C(=O)OCC)c1N=Cc1ccc(Cl)cc1. The van der Waals surface area contributed by atoms with Crippen LogP contribution in [-0.2, 0) is 9.47 Å². The summed E-state index contributed by atoms with van der Waals surface area (Å²) in [5, 5.41) is 1.13. The first-order valence-corrected chi connectivity index (χ1v) is 10.8. The highest BCUT2D eigenvalue weighted by atomic mass is 35.5. The van der Waals surface area contributed by atoms with Gasteiger partial charge in [-0.25, -0.2) is 14.6 Å². The molecule has 0 atom stereocenters. The predicted octanol–water partition coefficient (Wildman–Crippen LogP) is 6.44. The van der Waals surface area contributed by atoms with Crippen LogP contribution >= 0.6 is 23.2 Å². The summed E-state index contributed by atoms with van der Waals surface area (Å²) in [6, 6.07) is 13.7. The minimum Gasteiger partial charge on any atom is -0.462 e. The third-order valence-electron chi connectivity index (χ3n) is 4.22. The third kappa shape index (κ3) is 6.31. The van der Waals surface area contributed by atoms with Gasteiger partial charge in [-0.2, -0.15) is 0 Å². The van der Waals surface area contributed by atoms with E-state index in [2.05, 4.69) is 9.98 Å². The van der Waals surface area contributed by atoms with E-state index in [0.29, 0.717) is 21.2 Å². The number of esters is 2. The Morgan fingerprint density at radius 3 is 1.82 bits per heavy atom. The summed E-state index contributed by atoms with van der Waals surface area (Å²) >= 11 is 11.8. The van der Waals surface area contributed by atoms with Crippen LogP contribution in [0.5, 0.6) is 0 Å². The molecule has 0 fully saturated rings. The van der Waals surface area contributed by atoms with Gasteiger partial charge < -0.3 is 13.9 Å². The molecule has 0 saturated carbocycles. The molecule has 0 amide bonds. The van der Waals surface area contributed by atoms with Crippen molar-refractivity contribution in [1.82, 2.24) is 0 Å². The normalized spacial score (nSPS) is 11.3. The smallest absolute Gasteiger partial charge is 0.376 e. The number of aliphatic imine (C=N–C) groups is 2. The molecule has 0 aliphatic heterocycles. The number of furan rings is 1. The monoisotopic (exact) mass is 486 g/mol. The predicted molar refractivity (Wildman–Crippen MR) is 128 cm³/mol. The number of rotatable bonds is 8. The van der Waals surface area contributed by atoms with E-state index in [1.165, 1.54) is 12.4 Å². The van der Waals surface area contributed by atoms with Gasteiger partial charge in [-0.15, -0.1) is 0 Å². The first-order chi connectivity index (χ1) is 15.9. The van der Waals surface area contributed by atoms with Crippen LogP contribution in [-0.4, -0.2) is 37.6 Å². The van der Waals surface area contributed by atoms with Crippen LogP contribution in [0.2, 0.25) is 10.0 Å². The number of benzene rings is 2. The number of carbonyl (C=O) groups excluding carboxylic acids is 2. The quantitative estimate of drug-likeness (QED) is 0.269. The Morgan fingerprint density at radius 2 is 1.30 bits per heavy atom. The second-order valence-electron chi connectivity index (χ2n) is 6.52. The van der Waals surface area contributed by atoms with Crippen molar-refractivity contribution in [2.75, 3.05) is 13.2 Å². The van der Waals surface area contributed by atoms with E-state index in [4.69, 9.17) is 37.1 Å². The van der Waals surface area contributed by atoms with Crippen molar-refractivity contribution >= 4 is 59.1 Å². The fourth-order valence-corrected chi connectivity index (χ4v) is 2.97. The third-order valence-corrected chi connectivity index (χ3v) is 4.72. The van der Waals surface area contributed by atoms with E-state index < -0.39 is 11.9 Å². The van der Waals surface area contributed by atoms with Gasteiger partial charge in [-0.1, -0.05) is 47.5 Å². The number of halogens is 2. The number of hydrogen-bond acceptors (Lipinski definition) is 7. The first kappa shape index (κ1) is 24.2. The topological polar surface area (TPSA) is 90.5 Å². The van der Waals surface area contributed by atoms with Gasteiger partial charge in [0.15, 0.2) is 5.56 Å². The first-order valence-electron chi connectivity index (χ1n) is 10.0. The summed E-state index contributed by atoms with van der Waals surface area (Å²) in [5.41, 5.74) is 1.27. The summed E-state index contributed by atoms with van der Waals surface area (Å²) in [5.74, 6) is -1.90. The second kappa shape index (κ2) is 11.4. The Kier molecular flexibility index (Phi) is 8.40. The summed E-state index contributed by atoms with van der Waals surface area (Å²) in [6.07, 6.45) is 2.94. The Hall–Kier alpha value is -3.42. The van der Waals surface area contributed by atoms with Crippen molar-refractivity contribution in [1.29, 1.82) is 0 Å². The van der Waals surface area contributed by atoms with Crippen molar-refractivity contribution in [2.45, 2.75) is 13.8 Å². The van der Waals surface area contributed by atoms with Gasteiger partial charge >= 0.3 is 11.9 Å². The maximum absolute atomic E-state index is 12.8. The molecule has 0 bridgehead atoms. The van der Waals surface area contributed by atoms with Gasteiger partial charge in [0.2, 0.25) is 11.6 Å². The molecule has 0 saturated heterocycles. The second-order valence-corrected chi connectivity index (χ2v) is 7.39. The fourth-order valence-electron chi connectivity index (χ4n) is 2.72. The average Bonchev–Trinajstić information content (AvgIpc) is 3.17. The number of nitrogens with zero attached hydrogens (tertiary/aromatic N) is 2. The Balaban J connectivity index is 2.11. The molecule has 0 aliphatic carbocycles. The molecule has 0 unspecified atom stereocenters. The highest BCUT2D eigenvalue weighted by molar-refractivity contribution is 6.31. The van der Waals surface area contributed by atoms with Crippen LogP contribution in [0.3, 0.4) is 0 Å². The van der Waals surface area contributed by atoms with Gasteiger partial charge in [0.25, 0.3) is 0 Å². The van der Waals surface area contributed by atoms with E-state index in [-0.39, 0.29) is 36.1 Å². The Morgan fingerprint density at radius 1 is 0.818 bits per heavy atom. The van der Waals surface area contributed by atoms with Gasteiger partial charge in [0.1, 0.15) is 5.69 Å². The average molecular weight is 487 g/mol. The largest absolute Gasteiger partial charge is 0.462 e. The molecule has 7 nitrogen and oxygen atoms in total. The molecule has 170 valence electrons. The number of ether oxygens (including phenoxy) is 2. The number of hydrogen-bond donors (Lipinski definition) is 0. The Labute approximate surface area is 200 Å². The summed E-state index contributed by atoms with van der Waals surface area (Å²) in [7, 11) is 0. The molecule has 0 spiro atoms. The van der Waals surface area contributed by atoms with Crippen molar-refractivity contribution in [3.8, 4) is 0 Å². The van der Waals surface area contributed by atoms with Gasteiger partial charge in [0, 0.05) is 22.5 Å².